The highest BCUT2D eigenvalue weighted by atomic mass is 16.2. The number of anilines is 1. The molecule has 1 unspecified atom stereocenters. The zero-order chi connectivity index (χ0) is 19.9. The van der Waals surface area contributed by atoms with Gasteiger partial charge in [0.1, 0.15) is 0 Å². The van der Waals surface area contributed by atoms with E-state index in [0.717, 1.165) is 5.56 Å². The zero-order valence-corrected chi connectivity index (χ0v) is 15.3. The topological polar surface area (TPSA) is 82.0 Å². The van der Waals surface area contributed by atoms with E-state index in [9.17, 15) is 9.59 Å². The smallest absolute Gasteiger partial charge is 0.255 e. The Morgan fingerprint density at radius 2 is 1.50 bits per heavy atom. The molecule has 138 valence electrons. The third-order valence-electron chi connectivity index (χ3n) is 4.31. The van der Waals surface area contributed by atoms with Crippen molar-refractivity contribution in [2.24, 2.45) is 0 Å². The minimum absolute atomic E-state index is 0.148. The summed E-state index contributed by atoms with van der Waals surface area (Å²) in [6.45, 7) is 1.91. The zero-order valence-electron chi connectivity index (χ0n) is 15.3. The van der Waals surface area contributed by atoms with Gasteiger partial charge in [0.05, 0.1) is 17.7 Å². The minimum atomic E-state index is -0.324. The number of carbonyl (C=O) groups is 2. The fourth-order valence-corrected chi connectivity index (χ4v) is 2.74. The van der Waals surface area contributed by atoms with Crippen molar-refractivity contribution in [3.63, 3.8) is 0 Å². The molecule has 3 aromatic rings. The number of nitrogens with one attached hydrogen (secondary N) is 2. The van der Waals surface area contributed by atoms with E-state index in [0.29, 0.717) is 22.4 Å². The number of amides is 2. The van der Waals surface area contributed by atoms with Gasteiger partial charge in [-0.25, -0.2) is 0 Å². The fraction of sp³-hybridized carbons (Fsp3) is 0.0870. The second kappa shape index (κ2) is 8.65. The number of hydrogen-bond donors (Lipinski definition) is 2. The van der Waals surface area contributed by atoms with Crippen molar-refractivity contribution in [2.75, 3.05) is 5.32 Å². The van der Waals surface area contributed by atoms with Crippen LogP contribution in [-0.4, -0.2) is 11.8 Å². The van der Waals surface area contributed by atoms with Crippen LogP contribution in [0.4, 0.5) is 5.69 Å². The molecule has 5 nitrogen and oxygen atoms in total. The molecule has 0 saturated carbocycles. The Bertz CT molecular complexity index is 1020. The summed E-state index contributed by atoms with van der Waals surface area (Å²) in [5.74, 6) is -0.570. The van der Waals surface area contributed by atoms with E-state index in [1.54, 1.807) is 48.5 Å². The van der Waals surface area contributed by atoms with E-state index in [1.807, 2.05) is 43.3 Å². The summed E-state index contributed by atoms with van der Waals surface area (Å²) in [6.07, 6.45) is 0. The van der Waals surface area contributed by atoms with Crippen LogP contribution in [0.2, 0.25) is 0 Å². The molecule has 0 aliphatic heterocycles. The maximum atomic E-state index is 12.6. The molecule has 1 atom stereocenters. The van der Waals surface area contributed by atoms with Crippen molar-refractivity contribution in [2.45, 2.75) is 13.0 Å². The van der Waals surface area contributed by atoms with E-state index in [4.69, 9.17) is 5.26 Å². The van der Waals surface area contributed by atoms with Crippen LogP contribution in [0, 0.1) is 11.3 Å². The van der Waals surface area contributed by atoms with Crippen LogP contribution < -0.4 is 10.6 Å². The maximum absolute atomic E-state index is 12.6. The van der Waals surface area contributed by atoms with Crippen LogP contribution in [0.15, 0.2) is 78.9 Å². The monoisotopic (exact) mass is 369 g/mol. The molecule has 0 aliphatic carbocycles. The van der Waals surface area contributed by atoms with E-state index >= 15 is 0 Å². The van der Waals surface area contributed by atoms with Gasteiger partial charge in [-0.1, -0.05) is 36.4 Å². The summed E-state index contributed by atoms with van der Waals surface area (Å²) in [7, 11) is 0. The predicted molar refractivity (Wildman–Crippen MR) is 108 cm³/mol. The Labute approximate surface area is 163 Å². The molecule has 0 saturated heterocycles. The fourth-order valence-electron chi connectivity index (χ4n) is 2.74. The van der Waals surface area contributed by atoms with E-state index < -0.39 is 0 Å². The number of hydrogen-bond acceptors (Lipinski definition) is 3. The standard InChI is InChI=1S/C23H19N3O2/c1-16(18-6-3-2-4-7-18)25-22(27)19-8-5-9-20(14-19)23(28)26-21-12-10-17(15-24)11-13-21/h2-14,16H,1H3,(H,25,27)(H,26,28). The molecule has 0 radical (unpaired) electrons. The summed E-state index contributed by atoms with van der Waals surface area (Å²) >= 11 is 0. The highest BCUT2D eigenvalue weighted by Gasteiger charge is 2.14. The summed E-state index contributed by atoms with van der Waals surface area (Å²) in [4.78, 5) is 25.0. The largest absolute Gasteiger partial charge is 0.346 e. The molecular formula is C23H19N3O2. The lowest BCUT2D eigenvalue weighted by Gasteiger charge is -2.14. The molecule has 0 aromatic heterocycles. The van der Waals surface area contributed by atoms with Crippen LogP contribution >= 0.6 is 0 Å². The van der Waals surface area contributed by atoms with Gasteiger partial charge in [0.25, 0.3) is 11.8 Å². The van der Waals surface area contributed by atoms with Crippen molar-refractivity contribution < 1.29 is 9.59 Å². The van der Waals surface area contributed by atoms with Gasteiger partial charge in [0, 0.05) is 16.8 Å². The second-order valence-corrected chi connectivity index (χ2v) is 6.33. The highest BCUT2D eigenvalue weighted by Crippen LogP contribution is 2.15. The molecule has 3 rings (SSSR count). The molecule has 2 N–H and O–H groups in total. The maximum Gasteiger partial charge on any atom is 0.255 e. The van der Waals surface area contributed by atoms with Gasteiger partial charge >= 0.3 is 0 Å². The van der Waals surface area contributed by atoms with Crippen LogP contribution in [0.25, 0.3) is 0 Å². The third kappa shape index (κ3) is 4.63. The normalized spacial score (nSPS) is 11.1. The first-order valence-corrected chi connectivity index (χ1v) is 8.84. The Kier molecular flexibility index (Phi) is 5.83. The Hall–Kier alpha value is -3.91. The lowest BCUT2D eigenvalue weighted by Crippen LogP contribution is -2.27. The Morgan fingerprint density at radius 1 is 0.857 bits per heavy atom. The van der Waals surface area contributed by atoms with Gasteiger partial charge in [0.2, 0.25) is 0 Å². The van der Waals surface area contributed by atoms with Crippen molar-refractivity contribution in [1.82, 2.24) is 5.32 Å². The molecule has 2 amide bonds. The van der Waals surface area contributed by atoms with Gasteiger partial charge < -0.3 is 10.6 Å². The minimum Gasteiger partial charge on any atom is -0.346 e. The predicted octanol–water partition coefficient (Wildman–Crippen LogP) is 4.30. The molecule has 0 bridgehead atoms. The number of nitriles is 1. The molecular weight excluding hydrogens is 350 g/mol. The lowest BCUT2D eigenvalue weighted by molar-refractivity contribution is 0.0940. The first-order valence-electron chi connectivity index (χ1n) is 8.84. The lowest BCUT2D eigenvalue weighted by atomic mass is 10.1. The molecule has 0 heterocycles. The summed E-state index contributed by atoms with van der Waals surface area (Å²) in [5.41, 5.74) is 2.89. The summed E-state index contributed by atoms with van der Waals surface area (Å²) < 4.78 is 0. The van der Waals surface area contributed by atoms with Crippen LogP contribution in [0.3, 0.4) is 0 Å². The molecule has 0 spiro atoms. The van der Waals surface area contributed by atoms with Crippen molar-refractivity contribution in [3.05, 3.63) is 101 Å². The second-order valence-electron chi connectivity index (χ2n) is 6.33. The first-order chi connectivity index (χ1) is 13.6. The molecule has 0 fully saturated rings. The number of benzene rings is 3. The number of carbonyl (C=O) groups excluding carboxylic acids is 2. The van der Waals surface area contributed by atoms with Crippen LogP contribution in [0.1, 0.15) is 44.8 Å². The molecule has 3 aromatic carbocycles. The highest BCUT2D eigenvalue weighted by molar-refractivity contribution is 6.06. The third-order valence-corrected chi connectivity index (χ3v) is 4.31. The van der Waals surface area contributed by atoms with E-state index in [1.165, 1.54) is 0 Å². The van der Waals surface area contributed by atoms with Crippen molar-refractivity contribution in [1.29, 1.82) is 5.26 Å². The Balaban J connectivity index is 1.69. The van der Waals surface area contributed by atoms with Crippen molar-refractivity contribution in [3.8, 4) is 6.07 Å². The Morgan fingerprint density at radius 3 is 2.14 bits per heavy atom. The van der Waals surface area contributed by atoms with E-state index in [-0.39, 0.29) is 17.9 Å². The summed E-state index contributed by atoms with van der Waals surface area (Å²) in [6, 6.07) is 24.7. The van der Waals surface area contributed by atoms with Gasteiger partial charge in [-0.15, -0.1) is 0 Å². The SMILES string of the molecule is CC(NC(=O)c1cccc(C(=O)Nc2ccc(C#N)cc2)c1)c1ccccc1. The summed E-state index contributed by atoms with van der Waals surface area (Å²) in [5, 5.41) is 14.5. The molecule has 5 heteroatoms. The van der Waals surface area contributed by atoms with Gasteiger partial charge in [-0.2, -0.15) is 5.26 Å². The van der Waals surface area contributed by atoms with Crippen LogP contribution in [0.5, 0.6) is 0 Å². The van der Waals surface area contributed by atoms with Crippen LogP contribution in [-0.2, 0) is 0 Å². The molecule has 0 aliphatic rings. The van der Waals surface area contributed by atoms with Crippen molar-refractivity contribution >= 4 is 17.5 Å². The van der Waals surface area contributed by atoms with Gasteiger partial charge in [-0.3, -0.25) is 9.59 Å². The van der Waals surface area contributed by atoms with Gasteiger partial charge in [-0.05, 0) is 55.0 Å². The van der Waals surface area contributed by atoms with Gasteiger partial charge in [0.15, 0.2) is 0 Å². The quantitative estimate of drug-likeness (QED) is 0.703. The average molecular weight is 369 g/mol. The average Bonchev–Trinajstić information content (AvgIpc) is 2.75. The molecule has 28 heavy (non-hydrogen) atoms. The number of rotatable bonds is 5. The van der Waals surface area contributed by atoms with E-state index in [2.05, 4.69) is 10.6 Å². The number of nitrogens with zero attached hydrogens (tertiary/aromatic N) is 1. The first kappa shape index (κ1) is 18.9.